The molecule has 23 heavy (non-hydrogen) atoms. The third-order valence-electron chi connectivity index (χ3n) is 3.04. The van der Waals surface area contributed by atoms with E-state index >= 15 is 0 Å². The van der Waals surface area contributed by atoms with Gasteiger partial charge in [-0.1, -0.05) is 6.07 Å². The fourth-order valence-electron chi connectivity index (χ4n) is 1.93. The Morgan fingerprint density at radius 1 is 1.43 bits per heavy atom. The Morgan fingerprint density at radius 3 is 2.74 bits per heavy atom. The zero-order valence-electron chi connectivity index (χ0n) is 14.3. The number of thiophene rings is 1. The van der Waals surface area contributed by atoms with E-state index in [0.29, 0.717) is 25.5 Å². The average Bonchev–Trinajstić information content (AvgIpc) is 2.99. The number of hydrogen-bond acceptors (Lipinski definition) is 4. The van der Waals surface area contributed by atoms with E-state index < -0.39 is 5.60 Å². The predicted molar refractivity (Wildman–Crippen MR) is 95.8 cm³/mol. The summed E-state index contributed by atoms with van der Waals surface area (Å²) in [5.41, 5.74) is -0.995. The van der Waals surface area contributed by atoms with Crippen LogP contribution in [-0.2, 0) is 10.4 Å². The Labute approximate surface area is 142 Å². The highest BCUT2D eigenvalue weighted by Crippen LogP contribution is 2.25. The van der Waals surface area contributed by atoms with Crippen molar-refractivity contribution in [2.45, 2.75) is 45.8 Å². The molecule has 0 bridgehead atoms. The lowest BCUT2D eigenvalue weighted by atomic mass is 10.1. The van der Waals surface area contributed by atoms with Crippen LogP contribution in [-0.4, -0.2) is 42.6 Å². The molecule has 0 aliphatic heterocycles. The lowest BCUT2D eigenvalue weighted by molar-refractivity contribution is -0.121. The number of guanidine groups is 1. The molecule has 0 spiro atoms. The van der Waals surface area contributed by atoms with Crippen molar-refractivity contribution in [1.29, 1.82) is 0 Å². The quantitative estimate of drug-likeness (QED) is 0.426. The van der Waals surface area contributed by atoms with Crippen molar-refractivity contribution in [2.24, 2.45) is 4.99 Å². The van der Waals surface area contributed by atoms with Crippen molar-refractivity contribution in [3.63, 3.8) is 0 Å². The molecule has 1 amide bonds. The fraction of sp³-hybridized carbons (Fsp3) is 0.625. The van der Waals surface area contributed by atoms with Gasteiger partial charge in [-0.05, 0) is 39.1 Å². The molecular formula is C16H28N4O2S. The van der Waals surface area contributed by atoms with Crippen molar-refractivity contribution < 1.29 is 9.90 Å². The summed E-state index contributed by atoms with van der Waals surface area (Å²) in [5, 5.41) is 21.5. The minimum Gasteiger partial charge on any atom is -0.383 e. The number of amides is 1. The third kappa shape index (κ3) is 7.47. The van der Waals surface area contributed by atoms with Crippen LogP contribution in [0.3, 0.4) is 0 Å². The van der Waals surface area contributed by atoms with Gasteiger partial charge in [0, 0.05) is 30.4 Å². The van der Waals surface area contributed by atoms with E-state index in [1.54, 1.807) is 6.92 Å². The number of aliphatic hydroxyl groups is 1. The normalized spacial score (nSPS) is 14.4. The highest BCUT2D eigenvalue weighted by molar-refractivity contribution is 7.10. The Hall–Kier alpha value is -1.60. The molecule has 4 N–H and O–H groups in total. The van der Waals surface area contributed by atoms with Crippen LogP contribution in [0, 0.1) is 0 Å². The first-order chi connectivity index (χ1) is 10.8. The summed E-state index contributed by atoms with van der Waals surface area (Å²) in [6.07, 6.45) is 0.379. The lowest BCUT2D eigenvalue weighted by Crippen LogP contribution is -2.41. The van der Waals surface area contributed by atoms with Crippen LogP contribution in [0.2, 0.25) is 0 Å². The Balaban J connectivity index is 2.52. The number of carbonyl (C=O) groups is 1. The zero-order chi connectivity index (χ0) is 17.3. The largest absolute Gasteiger partial charge is 0.383 e. The number of hydrogen-bond donors (Lipinski definition) is 4. The highest BCUT2D eigenvalue weighted by atomic mass is 32.1. The van der Waals surface area contributed by atoms with Crippen LogP contribution < -0.4 is 16.0 Å². The van der Waals surface area contributed by atoms with Crippen LogP contribution in [0.15, 0.2) is 22.5 Å². The van der Waals surface area contributed by atoms with Gasteiger partial charge < -0.3 is 21.1 Å². The van der Waals surface area contributed by atoms with Gasteiger partial charge in [0.2, 0.25) is 5.91 Å². The summed E-state index contributed by atoms with van der Waals surface area (Å²) in [7, 11) is 0. The van der Waals surface area contributed by atoms with E-state index in [-0.39, 0.29) is 18.5 Å². The SMILES string of the molecule is CCNC(=NCC(C)(O)c1cccs1)NCCC(=O)NC(C)C. The minimum atomic E-state index is -0.995. The van der Waals surface area contributed by atoms with Gasteiger partial charge in [-0.15, -0.1) is 11.3 Å². The van der Waals surface area contributed by atoms with Gasteiger partial charge in [-0.3, -0.25) is 4.79 Å². The van der Waals surface area contributed by atoms with E-state index in [2.05, 4.69) is 20.9 Å². The third-order valence-corrected chi connectivity index (χ3v) is 4.16. The smallest absolute Gasteiger partial charge is 0.221 e. The molecule has 1 atom stereocenters. The van der Waals surface area contributed by atoms with Crippen LogP contribution in [0.1, 0.15) is 39.0 Å². The number of rotatable bonds is 8. The molecule has 0 aromatic carbocycles. The molecule has 1 heterocycles. The summed E-state index contributed by atoms with van der Waals surface area (Å²) >= 11 is 1.51. The summed E-state index contributed by atoms with van der Waals surface area (Å²) < 4.78 is 0. The Kier molecular flexibility index (Phi) is 8.05. The standard InChI is InChI=1S/C16H28N4O2S/c1-5-17-15(18-9-8-14(21)20-12(2)3)19-11-16(4,22)13-7-6-10-23-13/h6-7,10,12,22H,5,8-9,11H2,1-4H3,(H,20,21)(H2,17,18,19). The first kappa shape index (κ1) is 19.4. The molecule has 1 rings (SSSR count). The molecule has 0 saturated carbocycles. The fourth-order valence-corrected chi connectivity index (χ4v) is 2.71. The second kappa shape index (κ2) is 9.52. The van der Waals surface area contributed by atoms with Gasteiger partial charge in [-0.2, -0.15) is 0 Å². The monoisotopic (exact) mass is 340 g/mol. The van der Waals surface area contributed by atoms with E-state index in [1.165, 1.54) is 11.3 Å². The molecule has 0 aliphatic rings. The maximum absolute atomic E-state index is 11.6. The van der Waals surface area contributed by atoms with Gasteiger partial charge in [0.25, 0.3) is 0 Å². The van der Waals surface area contributed by atoms with Crippen LogP contribution >= 0.6 is 11.3 Å². The molecule has 7 heteroatoms. The molecule has 1 aromatic heterocycles. The summed E-state index contributed by atoms with van der Waals surface area (Å²) in [6.45, 7) is 9.05. The molecule has 130 valence electrons. The van der Waals surface area contributed by atoms with Gasteiger partial charge in [0.1, 0.15) is 5.60 Å². The molecule has 0 aliphatic carbocycles. The Morgan fingerprint density at radius 2 is 2.17 bits per heavy atom. The predicted octanol–water partition coefficient (Wildman–Crippen LogP) is 1.43. The van der Waals surface area contributed by atoms with Crippen LogP contribution in [0.25, 0.3) is 0 Å². The lowest BCUT2D eigenvalue weighted by Gasteiger charge is -2.20. The molecule has 0 radical (unpaired) electrons. The summed E-state index contributed by atoms with van der Waals surface area (Å²) in [5.74, 6) is 0.607. The van der Waals surface area contributed by atoms with Crippen LogP contribution in [0.5, 0.6) is 0 Å². The Bertz CT molecular complexity index is 498. The number of aliphatic imine (C=N–C) groups is 1. The van der Waals surface area contributed by atoms with Crippen molar-refractivity contribution in [3.05, 3.63) is 22.4 Å². The maximum atomic E-state index is 11.6. The molecule has 1 aromatic rings. The second-order valence-electron chi connectivity index (χ2n) is 5.85. The van der Waals surface area contributed by atoms with Gasteiger partial charge in [-0.25, -0.2) is 4.99 Å². The van der Waals surface area contributed by atoms with E-state index in [0.717, 1.165) is 4.88 Å². The molecule has 1 unspecified atom stereocenters. The zero-order valence-corrected chi connectivity index (χ0v) is 15.2. The van der Waals surface area contributed by atoms with Crippen molar-refractivity contribution >= 4 is 23.2 Å². The van der Waals surface area contributed by atoms with Gasteiger partial charge >= 0.3 is 0 Å². The topological polar surface area (TPSA) is 85.8 Å². The van der Waals surface area contributed by atoms with E-state index in [1.807, 2.05) is 38.3 Å². The first-order valence-corrected chi connectivity index (χ1v) is 8.81. The summed E-state index contributed by atoms with van der Waals surface area (Å²) in [4.78, 5) is 16.9. The number of nitrogens with one attached hydrogen (secondary N) is 3. The summed E-state index contributed by atoms with van der Waals surface area (Å²) in [6, 6.07) is 3.96. The molecular weight excluding hydrogens is 312 g/mol. The van der Waals surface area contributed by atoms with E-state index in [4.69, 9.17) is 0 Å². The molecule has 6 nitrogen and oxygen atoms in total. The first-order valence-electron chi connectivity index (χ1n) is 7.93. The highest BCUT2D eigenvalue weighted by Gasteiger charge is 2.23. The van der Waals surface area contributed by atoms with Crippen molar-refractivity contribution in [2.75, 3.05) is 19.6 Å². The average molecular weight is 340 g/mol. The molecule has 0 saturated heterocycles. The van der Waals surface area contributed by atoms with Crippen LogP contribution in [0.4, 0.5) is 0 Å². The number of carbonyl (C=O) groups excluding carboxylic acids is 1. The van der Waals surface area contributed by atoms with E-state index in [9.17, 15) is 9.90 Å². The van der Waals surface area contributed by atoms with Crippen molar-refractivity contribution in [1.82, 2.24) is 16.0 Å². The van der Waals surface area contributed by atoms with Gasteiger partial charge in [0.15, 0.2) is 5.96 Å². The minimum absolute atomic E-state index is 0.00827. The second-order valence-corrected chi connectivity index (χ2v) is 6.79. The maximum Gasteiger partial charge on any atom is 0.221 e. The van der Waals surface area contributed by atoms with Crippen molar-refractivity contribution in [3.8, 4) is 0 Å². The number of nitrogens with zero attached hydrogens (tertiary/aromatic N) is 1. The molecule has 0 fully saturated rings. The van der Waals surface area contributed by atoms with Gasteiger partial charge in [0.05, 0.1) is 6.54 Å².